The molecule has 0 fully saturated rings. The standard InChI is InChI=1S/C4H4N4O4/c9-3(10)7-1-2-8(4(11)12)6-5-7/h1-2H,(H,9,10)(H,11,12). The van der Waals surface area contributed by atoms with Gasteiger partial charge in [0.05, 0.1) is 12.4 Å². The summed E-state index contributed by atoms with van der Waals surface area (Å²) in [6.07, 6.45) is -0.743. The van der Waals surface area contributed by atoms with E-state index in [2.05, 4.69) is 10.4 Å². The lowest BCUT2D eigenvalue weighted by atomic mass is 10.8. The predicted molar refractivity (Wildman–Crippen MR) is 33.7 cm³/mol. The van der Waals surface area contributed by atoms with E-state index in [4.69, 9.17) is 10.2 Å². The molecule has 0 aliphatic carbocycles. The van der Waals surface area contributed by atoms with Crippen LogP contribution in [0.5, 0.6) is 0 Å². The van der Waals surface area contributed by atoms with Gasteiger partial charge in [-0.2, -0.15) is 10.0 Å². The Labute approximate surface area is 66.0 Å². The fraction of sp³-hybridized carbons (Fsp3) is 0. The van der Waals surface area contributed by atoms with Gasteiger partial charge in [0.25, 0.3) is 0 Å². The maximum absolute atomic E-state index is 10.2. The summed E-state index contributed by atoms with van der Waals surface area (Å²) in [6.45, 7) is 0. The van der Waals surface area contributed by atoms with Crippen molar-refractivity contribution in [2.45, 2.75) is 0 Å². The number of rotatable bonds is 0. The normalized spacial score (nSPS) is 15.0. The molecule has 0 aromatic rings. The van der Waals surface area contributed by atoms with Crippen LogP contribution in [0.15, 0.2) is 22.8 Å². The summed E-state index contributed by atoms with van der Waals surface area (Å²) in [5, 5.41) is 23.7. The van der Waals surface area contributed by atoms with Crippen molar-refractivity contribution in [3.63, 3.8) is 0 Å². The number of amides is 2. The van der Waals surface area contributed by atoms with Crippen LogP contribution in [0.3, 0.4) is 0 Å². The van der Waals surface area contributed by atoms with E-state index >= 15 is 0 Å². The molecule has 0 bridgehead atoms. The SMILES string of the molecule is O=C(O)N1C=CN(C(=O)O)N=N1. The fourth-order valence-corrected chi connectivity index (χ4v) is 0.476. The van der Waals surface area contributed by atoms with Gasteiger partial charge in [-0.25, -0.2) is 9.59 Å². The second-order valence-electron chi connectivity index (χ2n) is 1.73. The van der Waals surface area contributed by atoms with Crippen molar-refractivity contribution in [1.82, 2.24) is 10.0 Å². The van der Waals surface area contributed by atoms with Gasteiger partial charge in [0, 0.05) is 0 Å². The Kier molecular flexibility index (Phi) is 1.90. The largest absolute Gasteiger partial charge is 0.463 e. The minimum Gasteiger partial charge on any atom is -0.463 e. The van der Waals surface area contributed by atoms with Crippen LogP contribution < -0.4 is 0 Å². The molecule has 0 saturated carbocycles. The molecule has 64 valence electrons. The summed E-state index contributed by atoms with van der Waals surface area (Å²) in [4.78, 5) is 20.4. The van der Waals surface area contributed by atoms with Crippen LogP contribution in [0.25, 0.3) is 0 Å². The second-order valence-corrected chi connectivity index (χ2v) is 1.73. The minimum atomic E-state index is -1.33. The van der Waals surface area contributed by atoms with E-state index in [1.807, 2.05) is 0 Å². The first-order valence-corrected chi connectivity index (χ1v) is 2.75. The summed E-state index contributed by atoms with van der Waals surface area (Å²) in [6, 6.07) is 0. The van der Waals surface area contributed by atoms with Gasteiger partial charge in [-0.3, -0.25) is 0 Å². The lowest BCUT2D eigenvalue weighted by Gasteiger charge is -2.13. The Morgan fingerprint density at radius 2 is 1.33 bits per heavy atom. The summed E-state index contributed by atoms with van der Waals surface area (Å²) < 4.78 is 0. The van der Waals surface area contributed by atoms with Crippen molar-refractivity contribution in [3.8, 4) is 0 Å². The van der Waals surface area contributed by atoms with Crippen LogP contribution in [0.2, 0.25) is 0 Å². The molecule has 2 amide bonds. The molecule has 1 aliphatic rings. The van der Waals surface area contributed by atoms with E-state index in [-0.39, 0.29) is 0 Å². The molecule has 0 aromatic heterocycles. The van der Waals surface area contributed by atoms with Crippen LogP contribution in [-0.4, -0.2) is 32.4 Å². The quantitative estimate of drug-likeness (QED) is 0.561. The Morgan fingerprint density at radius 1 is 1.00 bits per heavy atom. The topological polar surface area (TPSA) is 106 Å². The second kappa shape index (κ2) is 2.86. The molecule has 1 rings (SSSR count). The van der Waals surface area contributed by atoms with Crippen molar-refractivity contribution in [1.29, 1.82) is 0 Å². The first-order valence-electron chi connectivity index (χ1n) is 2.75. The third-order valence-corrected chi connectivity index (χ3v) is 0.974. The van der Waals surface area contributed by atoms with Crippen molar-refractivity contribution in [2.75, 3.05) is 0 Å². The molecular weight excluding hydrogens is 168 g/mol. The summed E-state index contributed by atoms with van der Waals surface area (Å²) in [7, 11) is 0. The zero-order chi connectivity index (χ0) is 9.14. The van der Waals surface area contributed by atoms with Crippen LogP contribution >= 0.6 is 0 Å². The van der Waals surface area contributed by atoms with Gasteiger partial charge < -0.3 is 10.2 Å². The third-order valence-electron chi connectivity index (χ3n) is 0.974. The van der Waals surface area contributed by atoms with Gasteiger partial charge in [-0.15, -0.1) is 0 Å². The van der Waals surface area contributed by atoms with Gasteiger partial charge in [-0.1, -0.05) is 0 Å². The first-order chi connectivity index (χ1) is 5.61. The average Bonchev–Trinajstić information content (AvgIpc) is 2.04. The molecule has 12 heavy (non-hydrogen) atoms. The van der Waals surface area contributed by atoms with E-state index in [1.54, 1.807) is 0 Å². The number of nitrogens with zero attached hydrogens (tertiary/aromatic N) is 4. The van der Waals surface area contributed by atoms with E-state index in [1.165, 1.54) is 0 Å². The highest BCUT2D eigenvalue weighted by molar-refractivity contribution is 5.68. The van der Waals surface area contributed by atoms with E-state index in [9.17, 15) is 9.59 Å². The molecule has 0 unspecified atom stereocenters. The highest BCUT2D eigenvalue weighted by Gasteiger charge is 2.15. The fourth-order valence-electron chi connectivity index (χ4n) is 0.476. The summed E-state index contributed by atoms with van der Waals surface area (Å²) >= 11 is 0. The molecule has 0 atom stereocenters. The predicted octanol–water partition coefficient (Wildman–Crippen LogP) is 0.713. The molecule has 0 radical (unpaired) electrons. The zero-order valence-electron chi connectivity index (χ0n) is 5.65. The van der Waals surface area contributed by atoms with Gasteiger partial charge in [-0.05, 0) is 10.4 Å². The molecule has 0 saturated heterocycles. The van der Waals surface area contributed by atoms with Crippen molar-refractivity contribution < 1.29 is 19.8 Å². The molecule has 2 N–H and O–H groups in total. The van der Waals surface area contributed by atoms with Crippen molar-refractivity contribution in [2.24, 2.45) is 10.4 Å². The minimum absolute atomic E-state index is 0.486. The van der Waals surface area contributed by atoms with Gasteiger partial charge in [0.1, 0.15) is 0 Å². The van der Waals surface area contributed by atoms with Gasteiger partial charge in [0.2, 0.25) is 0 Å². The third kappa shape index (κ3) is 1.48. The molecule has 1 aliphatic heterocycles. The summed E-state index contributed by atoms with van der Waals surface area (Å²) in [5.74, 6) is 0. The Hall–Kier alpha value is -2.12. The highest BCUT2D eigenvalue weighted by atomic mass is 16.4. The van der Waals surface area contributed by atoms with Crippen LogP contribution in [-0.2, 0) is 0 Å². The first kappa shape index (κ1) is 7.98. The number of carbonyl (C=O) groups is 2. The molecular formula is C4H4N4O4. The lowest BCUT2D eigenvalue weighted by molar-refractivity contribution is 0.137. The van der Waals surface area contributed by atoms with Crippen molar-refractivity contribution >= 4 is 12.2 Å². The Bertz CT molecular complexity index is 232. The lowest BCUT2D eigenvalue weighted by Crippen LogP contribution is -2.26. The maximum atomic E-state index is 10.2. The average molecular weight is 172 g/mol. The Morgan fingerprint density at radius 3 is 1.50 bits per heavy atom. The van der Waals surface area contributed by atoms with Crippen LogP contribution in [0, 0.1) is 0 Å². The van der Waals surface area contributed by atoms with Crippen molar-refractivity contribution in [3.05, 3.63) is 12.4 Å². The van der Waals surface area contributed by atoms with E-state index in [0.29, 0.717) is 10.0 Å². The smallest absolute Gasteiger partial charge is 0.433 e. The maximum Gasteiger partial charge on any atom is 0.433 e. The van der Waals surface area contributed by atoms with E-state index < -0.39 is 12.2 Å². The highest BCUT2D eigenvalue weighted by Crippen LogP contribution is 2.05. The molecule has 8 nitrogen and oxygen atoms in total. The van der Waals surface area contributed by atoms with Gasteiger partial charge >= 0.3 is 12.2 Å². The molecule has 8 heteroatoms. The molecule has 0 spiro atoms. The van der Waals surface area contributed by atoms with E-state index in [0.717, 1.165) is 12.4 Å². The molecule has 1 heterocycles. The van der Waals surface area contributed by atoms with Crippen LogP contribution in [0.1, 0.15) is 0 Å². The monoisotopic (exact) mass is 172 g/mol. The zero-order valence-corrected chi connectivity index (χ0v) is 5.65. The van der Waals surface area contributed by atoms with Gasteiger partial charge in [0.15, 0.2) is 0 Å². The Balaban J connectivity index is 2.66. The number of hydrogen-bond donors (Lipinski definition) is 2. The molecule has 0 aromatic carbocycles. The number of carboxylic acid groups (broad SMARTS) is 2. The summed E-state index contributed by atoms with van der Waals surface area (Å²) in [5.41, 5.74) is 0. The van der Waals surface area contributed by atoms with Crippen LogP contribution in [0.4, 0.5) is 9.59 Å². The number of hydrogen-bond acceptors (Lipinski definition) is 4.